The third-order valence-corrected chi connectivity index (χ3v) is 2.34. The van der Waals surface area contributed by atoms with Crippen molar-refractivity contribution in [3.63, 3.8) is 0 Å². The molecule has 0 saturated heterocycles. The van der Waals surface area contributed by atoms with Gasteiger partial charge in [-0.1, -0.05) is 33.1 Å². The molecule has 0 aromatic rings. The number of ether oxygens (including phenoxy) is 1. The lowest BCUT2D eigenvalue weighted by Gasteiger charge is -2.17. The molecule has 0 heterocycles. The molecule has 0 aliphatic heterocycles. The predicted octanol–water partition coefficient (Wildman–Crippen LogP) is 4.09. The van der Waals surface area contributed by atoms with Crippen molar-refractivity contribution in [3.8, 4) is 0 Å². The summed E-state index contributed by atoms with van der Waals surface area (Å²) in [6.45, 7) is 10.1. The number of unbranched alkanes of at least 4 members (excludes halogenated alkanes) is 1. The lowest BCUT2D eigenvalue weighted by Crippen LogP contribution is -2.23. The second kappa shape index (κ2) is 8.34. The molecule has 0 fully saturated rings. The third-order valence-electron chi connectivity index (χ3n) is 2.34. The lowest BCUT2D eigenvalue weighted by molar-refractivity contribution is -0.312. The average molecular weight is 246 g/mol. The number of rotatable bonds is 7. The van der Waals surface area contributed by atoms with Crippen molar-refractivity contribution in [2.75, 3.05) is 6.61 Å². The Kier molecular flexibility index (Phi) is 7.96. The van der Waals surface area contributed by atoms with E-state index in [1.165, 1.54) is 0 Å². The maximum Gasteiger partial charge on any atom is 0.540 e. The van der Waals surface area contributed by atoms with Gasteiger partial charge in [-0.2, -0.15) is 4.89 Å². The van der Waals surface area contributed by atoms with Gasteiger partial charge in [-0.05, 0) is 33.1 Å². The first kappa shape index (κ1) is 16.2. The van der Waals surface area contributed by atoms with Crippen LogP contribution in [0, 0.1) is 5.92 Å². The van der Waals surface area contributed by atoms with Crippen molar-refractivity contribution < 1.29 is 19.3 Å². The Bertz CT molecular complexity index is 208. The molecule has 17 heavy (non-hydrogen) atoms. The Hall–Kier alpha value is -0.770. The highest BCUT2D eigenvalue weighted by molar-refractivity contribution is 5.58. The summed E-state index contributed by atoms with van der Waals surface area (Å²) < 4.78 is 5.00. The molecule has 0 N–H and O–H groups in total. The molecule has 1 atom stereocenters. The second-order valence-electron chi connectivity index (χ2n) is 5.26. The first-order chi connectivity index (χ1) is 7.89. The Balaban J connectivity index is 3.73. The normalized spacial score (nSPS) is 13.2. The summed E-state index contributed by atoms with van der Waals surface area (Å²) in [4.78, 5) is 20.6. The van der Waals surface area contributed by atoms with Gasteiger partial charge in [0.15, 0.2) is 0 Å². The lowest BCUT2D eigenvalue weighted by atomic mass is 10.0. The highest BCUT2D eigenvalue weighted by Gasteiger charge is 2.17. The van der Waals surface area contributed by atoms with E-state index in [2.05, 4.69) is 18.7 Å². The molecule has 4 nitrogen and oxygen atoms in total. The molecule has 0 rings (SSSR count). The summed E-state index contributed by atoms with van der Waals surface area (Å²) in [6, 6.07) is 0. The highest BCUT2D eigenvalue weighted by Crippen LogP contribution is 2.14. The van der Waals surface area contributed by atoms with Crippen LogP contribution < -0.4 is 0 Å². The minimum atomic E-state index is -0.755. The van der Waals surface area contributed by atoms with E-state index >= 15 is 0 Å². The van der Waals surface area contributed by atoms with E-state index in [1.54, 1.807) is 20.8 Å². The number of carbonyl (C=O) groups excluding carboxylic acids is 1. The van der Waals surface area contributed by atoms with Gasteiger partial charge in [0, 0.05) is 0 Å². The SMILES string of the molecule is CCCC[C@H](CC)COC(=O)OOC(C)(C)C. The van der Waals surface area contributed by atoms with E-state index in [1.807, 2.05) is 0 Å². The molecule has 0 radical (unpaired) electrons. The maximum atomic E-state index is 11.2. The molecule has 0 spiro atoms. The summed E-state index contributed by atoms with van der Waals surface area (Å²) in [6.07, 6.45) is 3.66. The summed E-state index contributed by atoms with van der Waals surface area (Å²) in [7, 11) is 0. The smallest absolute Gasteiger partial charge is 0.432 e. The van der Waals surface area contributed by atoms with E-state index in [0.29, 0.717) is 12.5 Å². The molecule has 102 valence electrons. The zero-order chi connectivity index (χ0) is 13.3. The Labute approximate surface area is 105 Å². The van der Waals surface area contributed by atoms with Gasteiger partial charge in [0.25, 0.3) is 0 Å². The van der Waals surface area contributed by atoms with Gasteiger partial charge in [-0.15, -0.1) is 0 Å². The van der Waals surface area contributed by atoms with Gasteiger partial charge in [0.05, 0.1) is 6.61 Å². The van der Waals surface area contributed by atoms with Crippen molar-refractivity contribution in [1.82, 2.24) is 0 Å². The molecule has 0 aliphatic carbocycles. The third kappa shape index (κ3) is 10.1. The zero-order valence-corrected chi connectivity index (χ0v) is 11.7. The number of carbonyl (C=O) groups is 1. The molecule has 0 aromatic heterocycles. The van der Waals surface area contributed by atoms with E-state index in [9.17, 15) is 4.79 Å². The molecule has 0 bridgehead atoms. The molecule has 0 aromatic carbocycles. The van der Waals surface area contributed by atoms with Gasteiger partial charge in [0.1, 0.15) is 5.60 Å². The fraction of sp³-hybridized carbons (Fsp3) is 0.923. The van der Waals surface area contributed by atoms with Crippen LogP contribution in [0.2, 0.25) is 0 Å². The van der Waals surface area contributed by atoms with Crippen LogP contribution in [-0.4, -0.2) is 18.4 Å². The van der Waals surface area contributed by atoms with Crippen molar-refractivity contribution >= 4 is 6.16 Å². The average Bonchev–Trinajstić information content (AvgIpc) is 2.25. The second-order valence-corrected chi connectivity index (χ2v) is 5.26. The van der Waals surface area contributed by atoms with Gasteiger partial charge in [0.2, 0.25) is 0 Å². The summed E-state index contributed by atoms with van der Waals surface area (Å²) in [5, 5.41) is 0. The van der Waals surface area contributed by atoms with Crippen molar-refractivity contribution in [2.45, 2.75) is 65.9 Å². The number of hydrogen-bond donors (Lipinski definition) is 0. The van der Waals surface area contributed by atoms with E-state index in [4.69, 9.17) is 9.62 Å². The quantitative estimate of drug-likeness (QED) is 0.385. The van der Waals surface area contributed by atoms with E-state index < -0.39 is 11.8 Å². The van der Waals surface area contributed by atoms with Gasteiger partial charge in [-0.25, -0.2) is 4.79 Å². The largest absolute Gasteiger partial charge is 0.540 e. The molecular weight excluding hydrogens is 220 g/mol. The Morgan fingerprint density at radius 1 is 1.24 bits per heavy atom. The van der Waals surface area contributed by atoms with Gasteiger partial charge >= 0.3 is 6.16 Å². The Morgan fingerprint density at radius 3 is 2.35 bits per heavy atom. The highest BCUT2D eigenvalue weighted by atomic mass is 17.2. The fourth-order valence-corrected chi connectivity index (χ4v) is 1.27. The van der Waals surface area contributed by atoms with Crippen molar-refractivity contribution in [1.29, 1.82) is 0 Å². The summed E-state index contributed by atoms with van der Waals surface area (Å²) in [5.74, 6) is 0.414. The van der Waals surface area contributed by atoms with Crippen molar-refractivity contribution in [3.05, 3.63) is 0 Å². The van der Waals surface area contributed by atoms with Crippen LogP contribution in [0.4, 0.5) is 4.79 Å². The Morgan fingerprint density at radius 2 is 1.88 bits per heavy atom. The first-order valence-corrected chi connectivity index (χ1v) is 6.41. The number of hydrogen-bond acceptors (Lipinski definition) is 4. The molecule has 0 aliphatic rings. The van der Waals surface area contributed by atoms with Crippen LogP contribution in [0.5, 0.6) is 0 Å². The topological polar surface area (TPSA) is 44.8 Å². The predicted molar refractivity (Wildman–Crippen MR) is 66.6 cm³/mol. The maximum absolute atomic E-state index is 11.2. The summed E-state index contributed by atoms with van der Waals surface area (Å²) in [5.41, 5.74) is -0.509. The first-order valence-electron chi connectivity index (χ1n) is 6.41. The standard InChI is InChI=1S/C13H26O4/c1-6-8-9-11(7-2)10-15-12(14)16-17-13(3,4)5/h11H,6-10H2,1-5H3/t11-/m0/s1. The van der Waals surface area contributed by atoms with Gasteiger partial charge < -0.3 is 4.74 Å². The molecule has 0 amide bonds. The monoisotopic (exact) mass is 246 g/mol. The van der Waals surface area contributed by atoms with Crippen molar-refractivity contribution in [2.24, 2.45) is 5.92 Å². The van der Waals surface area contributed by atoms with Crippen LogP contribution in [0.1, 0.15) is 60.3 Å². The molecular formula is C13H26O4. The summed E-state index contributed by atoms with van der Waals surface area (Å²) >= 11 is 0. The van der Waals surface area contributed by atoms with Crippen LogP contribution in [-0.2, 0) is 14.5 Å². The van der Waals surface area contributed by atoms with E-state index in [0.717, 1.165) is 25.7 Å². The van der Waals surface area contributed by atoms with Crippen LogP contribution in [0.25, 0.3) is 0 Å². The molecule has 0 unspecified atom stereocenters. The minimum absolute atomic E-state index is 0.406. The van der Waals surface area contributed by atoms with Crippen LogP contribution >= 0.6 is 0 Å². The molecule has 0 saturated carbocycles. The minimum Gasteiger partial charge on any atom is -0.432 e. The van der Waals surface area contributed by atoms with E-state index in [-0.39, 0.29) is 0 Å². The zero-order valence-electron chi connectivity index (χ0n) is 11.7. The van der Waals surface area contributed by atoms with Gasteiger partial charge in [-0.3, -0.25) is 4.89 Å². The van der Waals surface area contributed by atoms with Crippen LogP contribution in [0.3, 0.4) is 0 Å². The molecule has 4 heteroatoms. The van der Waals surface area contributed by atoms with Crippen LogP contribution in [0.15, 0.2) is 0 Å². The fourth-order valence-electron chi connectivity index (χ4n) is 1.27.